The number of aromatic nitrogens is 4. The van der Waals surface area contributed by atoms with Gasteiger partial charge in [0, 0.05) is 24.2 Å². The molecule has 1 aliphatic rings. The van der Waals surface area contributed by atoms with Gasteiger partial charge in [0.2, 0.25) is 5.82 Å². The van der Waals surface area contributed by atoms with E-state index in [1.165, 1.54) is 12.1 Å². The van der Waals surface area contributed by atoms with E-state index < -0.39 is 0 Å². The van der Waals surface area contributed by atoms with Gasteiger partial charge in [-0.15, -0.1) is 10.2 Å². The van der Waals surface area contributed by atoms with Crippen molar-refractivity contribution >= 4 is 5.91 Å². The number of carbonyl (C=O) groups excluding carboxylic acids is 1. The summed E-state index contributed by atoms with van der Waals surface area (Å²) in [4.78, 5) is 16.3. The van der Waals surface area contributed by atoms with Gasteiger partial charge < -0.3 is 4.90 Å². The Morgan fingerprint density at radius 1 is 1.19 bits per heavy atom. The van der Waals surface area contributed by atoms with E-state index in [2.05, 4.69) is 15.4 Å². The highest BCUT2D eigenvalue weighted by atomic mass is 19.1. The molecule has 0 saturated carbocycles. The maximum absolute atomic E-state index is 13.3. The highest BCUT2D eigenvalue weighted by Crippen LogP contribution is 2.23. The third-order valence-corrected chi connectivity index (χ3v) is 4.89. The van der Waals surface area contributed by atoms with Gasteiger partial charge in [-0.1, -0.05) is 30.3 Å². The number of likely N-dealkylation sites (tertiary alicyclic amines) is 1. The van der Waals surface area contributed by atoms with E-state index in [0.29, 0.717) is 30.0 Å². The molecular formula is C20H20FN5O. The summed E-state index contributed by atoms with van der Waals surface area (Å²) in [6, 6.07) is 13.9. The molecule has 1 unspecified atom stereocenters. The second-order valence-corrected chi connectivity index (χ2v) is 6.81. The van der Waals surface area contributed by atoms with Crippen LogP contribution in [0.3, 0.4) is 0 Å². The number of hydrogen-bond donors (Lipinski definition) is 0. The molecule has 4 rings (SSSR count). The molecule has 1 fully saturated rings. The van der Waals surface area contributed by atoms with Crippen molar-refractivity contribution in [1.29, 1.82) is 0 Å². The van der Waals surface area contributed by atoms with Crippen molar-refractivity contribution < 1.29 is 9.18 Å². The van der Waals surface area contributed by atoms with E-state index in [1.54, 1.807) is 22.7 Å². The van der Waals surface area contributed by atoms with Crippen LogP contribution in [-0.2, 0) is 0 Å². The second-order valence-electron chi connectivity index (χ2n) is 6.81. The van der Waals surface area contributed by atoms with Gasteiger partial charge in [-0.3, -0.25) is 4.79 Å². The van der Waals surface area contributed by atoms with Crippen LogP contribution in [-0.4, -0.2) is 44.1 Å². The van der Waals surface area contributed by atoms with Gasteiger partial charge in [-0.05, 0) is 48.7 Å². The van der Waals surface area contributed by atoms with E-state index in [4.69, 9.17) is 0 Å². The van der Waals surface area contributed by atoms with Crippen LogP contribution in [0.5, 0.6) is 0 Å². The number of tetrazole rings is 1. The quantitative estimate of drug-likeness (QED) is 0.715. The molecule has 0 N–H and O–H groups in total. The summed E-state index contributed by atoms with van der Waals surface area (Å²) in [5.74, 6) is 0.162. The summed E-state index contributed by atoms with van der Waals surface area (Å²) in [6.45, 7) is 2.94. The second kappa shape index (κ2) is 7.26. The SMILES string of the molecule is Cc1cc(F)ccc1C(=O)N1CCCC(n2nnc(-c3ccccc3)n2)C1. The Hall–Kier alpha value is -3.09. The first-order valence-electron chi connectivity index (χ1n) is 9.02. The largest absolute Gasteiger partial charge is 0.336 e. The lowest BCUT2D eigenvalue weighted by molar-refractivity contribution is 0.0662. The number of hydrogen-bond acceptors (Lipinski definition) is 4. The first-order valence-corrected chi connectivity index (χ1v) is 9.02. The Morgan fingerprint density at radius 2 is 2.00 bits per heavy atom. The minimum Gasteiger partial charge on any atom is -0.336 e. The average molecular weight is 365 g/mol. The summed E-state index contributed by atoms with van der Waals surface area (Å²) >= 11 is 0. The van der Waals surface area contributed by atoms with Crippen LogP contribution in [0, 0.1) is 12.7 Å². The predicted molar refractivity (Wildman–Crippen MR) is 98.6 cm³/mol. The summed E-state index contributed by atoms with van der Waals surface area (Å²) in [7, 11) is 0. The van der Waals surface area contributed by atoms with Crippen LogP contribution >= 0.6 is 0 Å². The van der Waals surface area contributed by atoms with Gasteiger partial charge in [-0.2, -0.15) is 4.80 Å². The van der Waals surface area contributed by atoms with Crippen LogP contribution in [0.4, 0.5) is 4.39 Å². The number of benzene rings is 2. The van der Waals surface area contributed by atoms with Crippen molar-refractivity contribution in [2.24, 2.45) is 0 Å². The number of nitrogens with zero attached hydrogens (tertiary/aromatic N) is 5. The summed E-state index contributed by atoms with van der Waals surface area (Å²) in [6.07, 6.45) is 1.75. The van der Waals surface area contributed by atoms with Crippen molar-refractivity contribution in [2.45, 2.75) is 25.8 Å². The van der Waals surface area contributed by atoms with Crippen molar-refractivity contribution in [3.8, 4) is 11.4 Å². The standard InChI is InChI=1S/C20H20FN5O/c1-14-12-16(21)9-10-18(14)20(27)25-11-5-8-17(13-25)26-23-19(22-24-26)15-6-3-2-4-7-15/h2-4,6-7,9-10,12,17H,5,8,11,13H2,1H3. The minimum atomic E-state index is -0.333. The number of carbonyl (C=O) groups is 1. The maximum Gasteiger partial charge on any atom is 0.254 e. The van der Waals surface area contributed by atoms with E-state index in [1.807, 2.05) is 30.3 Å². The lowest BCUT2D eigenvalue weighted by atomic mass is 10.0. The first kappa shape index (κ1) is 17.3. The molecule has 0 spiro atoms. The zero-order valence-electron chi connectivity index (χ0n) is 15.0. The Labute approximate surface area is 156 Å². The Morgan fingerprint density at radius 3 is 2.78 bits per heavy atom. The van der Waals surface area contributed by atoms with Crippen molar-refractivity contribution in [3.05, 3.63) is 65.5 Å². The van der Waals surface area contributed by atoms with Gasteiger partial charge in [0.05, 0.1) is 6.04 Å². The molecule has 27 heavy (non-hydrogen) atoms. The van der Waals surface area contributed by atoms with Crippen LogP contribution in [0.2, 0.25) is 0 Å². The molecule has 0 bridgehead atoms. The molecule has 1 saturated heterocycles. The summed E-state index contributed by atoms with van der Waals surface area (Å²) < 4.78 is 13.3. The Bertz CT molecular complexity index is 956. The molecule has 2 heterocycles. The molecule has 138 valence electrons. The fourth-order valence-corrected chi connectivity index (χ4v) is 3.45. The average Bonchev–Trinajstić information content (AvgIpc) is 3.19. The minimum absolute atomic E-state index is 0.0200. The highest BCUT2D eigenvalue weighted by Gasteiger charge is 2.28. The highest BCUT2D eigenvalue weighted by molar-refractivity contribution is 5.95. The molecule has 7 heteroatoms. The molecule has 2 aromatic carbocycles. The third kappa shape index (κ3) is 3.58. The van der Waals surface area contributed by atoms with Crippen LogP contribution < -0.4 is 0 Å². The topological polar surface area (TPSA) is 63.9 Å². The number of aryl methyl sites for hydroxylation is 1. The smallest absolute Gasteiger partial charge is 0.254 e. The predicted octanol–water partition coefficient (Wildman–Crippen LogP) is 3.26. The summed E-state index contributed by atoms with van der Waals surface area (Å²) in [5.41, 5.74) is 2.09. The van der Waals surface area contributed by atoms with Crippen molar-refractivity contribution in [3.63, 3.8) is 0 Å². The van der Waals surface area contributed by atoms with Crippen molar-refractivity contribution in [1.82, 2.24) is 25.1 Å². The number of piperidine rings is 1. The molecule has 1 amide bonds. The maximum atomic E-state index is 13.3. The molecule has 1 atom stereocenters. The Kier molecular flexibility index (Phi) is 4.66. The monoisotopic (exact) mass is 365 g/mol. The lowest BCUT2D eigenvalue weighted by Crippen LogP contribution is -2.41. The van der Waals surface area contributed by atoms with Gasteiger partial charge >= 0.3 is 0 Å². The fraction of sp³-hybridized carbons (Fsp3) is 0.300. The molecule has 0 aliphatic carbocycles. The Balaban J connectivity index is 1.51. The van der Waals surface area contributed by atoms with Gasteiger partial charge in [-0.25, -0.2) is 4.39 Å². The third-order valence-electron chi connectivity index (χ3n) is 4.89. The number of rotatable bonds is 3. The molecule has 0 radical (unpaired) electrons. The first-order chi connectivity index (χ1) is 13.1. The number of amides is 1. The molecular weight excluding hydrogens is 345 g/mol. The van der Waals surface area contributed by atoms with Crippen molar-refractivity contribution in [2.75, 3.05) is 13.1 Å². The van der Waals surface area contributed by atoms with E-state index in [9.17, 15) is 9.18 Å². The molecule has 1 aromatic heterocycles. The lowest BCUT2D eigenvalue weighted by Gasteiger charge is -2.32. The normalized spacial score (nSPS) is 17.1. The summed E-state index contributed by atoms with van der Waals surface area (Å²) in [5, 5.41) is 12.9. The molecule has 6 nitrogen and oxygen atoms in total. The number of halogens is 1. The van der Waals surface area contributed by atoms with Gasteiger partial charge in [0.25, 0.3) is 5.91 Å². The van der Waals surface area contributed by atoms with E-state index in [0.717, 1.165) is 18.4 Å². The van der Waals surface area contributed by atoms with Crippen LogP contribution in [0.1, 0.15) is 34.8 Å². The van der Waals surface area contributed by atoms with E-state index >= 15 is 0 Å². The van der Waals surface area contributed by atoms with Crippen LogP contribution in [0.15, 0.2) is 48.5 Å². The van der Waals surface area contributed by atoms with E-state index in [-0.39, 0.29) is 17.8 Å². The van der Waals surface area contributed by atoms with Gasteiger partial charge in [0.15, 0.2) is 0 Å². The van der Waals surface area contributed by atoms with Gasteiger partial charge in [0.1, 0.15) is 5.82 Å². The zero-order chi connectivity index (χ0) is 18.8. The molecule has 3 aromatic rings. The van der Waals surface area contributed by atoms with Crippen LogP contribution in [0.25, 0.3) is 11.4 Å². The molecule has 1 aliphatic heterocycles. The zero-order valence-corrected chi connectivity index (χ0v) is 15.0. The fourth-order valence-electron chi connectivity index (χ4n) is 3.45.